The molecule has 1 aliphatic rings. The van der Waals surface area contributed by atoms with Crippen molar-refractivity contribution in [3.8, 4) is 17.6 Å². The summed E-state index contributed by atoms with van der Waals surface area (Å²) in [5.41, 5.74) is 0.973. The second-order valence-electron chi connectivity index (χ2n) is 7.00. The van der Waals surface area contributed by atoms with E-state index in [9.17, 15) is 9.59 Å². The molecule has 1 amide bonds. The van der Waals surface area contributed by atoms with E-state index in [0.29, 0.717) is 48.7 Å². The molecule has 1 N–H and O–H groups in total. The van der Waals surface area contributed by atoms with E-state index in [-0.39, 0.29) is 18.5 Å². The van der Waals surface area contributed by atoms with Crippen LogP contribution in [0.25, 0.3) is 0 Å². The molecule has 162 valence electrons. The summed E-state index contributed by atoms with van der Waals surface area (Å²) in [5.74, 6) is 0.726. The lowest BCUT2D eigenvalue weighted by Gasteiger charge is -2.31. The highest BCUT2D eigenvalue weighted by Gasteiger charge is 2.27. The number of methoxy groups -OCH3 is 2. The number of anilines is 2. The number of ether oxygens (including phenoxy) is 3. The van der Waals surface area contributed by atoms with E-state index in [2.05, 4.69) is 15.2 Å². The smallest absolute Gasteiger partial charge is 0.309 e. The number of rotatable bonds is 7. The number of nitrogens with zero attached hydrogens (tertiary/aromatic N) is 3. The van der Waals surface area contributed by atoms with Crippen LogP contribution in [0, 0.1) is 17.2 Å². The number of carbonyl (C=O) groups excluding carboxylic acids is 2. The molecule has 0 atom stereocenters. The summed E-state index contributed by atoms with van der Waals surface area (Å²) in [6.45, 7) is 0.924. The molecule has 0 aliphatic carbocycles. The number of esters is 1. The minimum atomic E-state index is -0.448. The summed E-state index contributed by atoms with van der Waals surface area (Å²) in [7, 11) is 3.03. The number of benzene rings is 1. The van der Waals surface area contributed by atoms with Crippen molar-refractivity contribution in [2.45, 2.75) is 12.8 Å². The zero-order valence-electron chi connectivity index (χ0n) is 17.5. The highest BCUT2D eigenvalue weighted by molar-refractivity contribution is 5.94. The van der Waals surface area contributed by atoms with Gasteiger partial charge in [-0.3, -0.25) is 9.59 Å². The lowest BCUT2D eigenvalue weighted by atomic mass is 9.97. The molecule has 1 saturated heterocycles. The monoisotopic (exact) mass is 424 g/mol. The number of carbonyl (C=O) groups is 2. The van der Waals surface area contributed by atoms with Gasteiger partial charge in [0.15, 0.2) is 6.61 Å². The fourth-order valence-electron chi connectivity index (χ4n) is 3.33. The Labute approximate surface area is 180 Å². The van der Waals surface area contributed by atoms with Gasteiger partial charge in [0.2, 0.25) is 0 Å². The Morgan fingerprint density at radius 2 is 1.97 bits per heavy atom. The van der Waals surface area contributed by atoms with Crippen molar-refractivity contribution in [2.75, 3.05) is 44.1 Å². The quantitative estimate of drug-likeness (QED) is 0.674. The van der Waals surface area contributed by atoms with Crippen LogP contribution in [0.15, 0.2) is 36.5 Å². The van der Waals surface area contributed by atoms with Crippen LogP contribution in [-0.2, 0) is 14.3 Å². The number of amides is 1. The second kappa shape index (κ2) is 10.3. The van der Waals surface area contributed by atoms with Gasteiger partial charge < -0.3 is 24.4 Å². The first-order valence-corrected chi connectivity index (χ1v) is 9.83. The summed E-state index contributed by atoms with van der Waals surface area (Å²) in [6.07, 6.45) is 2.75. The van der Waals surface area contributed by atoms with E-state index in [0.717, 1.165) is 5.82 Å². The maximum atomic E-state index is 12.4. The Morgan fingerprint density at radius 1 is 1.19 bits per heavy atom. The highest BCUT2D eigenvalue weighted by atomic mass is 16.5. The molecule has 2 heterocycles. The molecule has 1 aromatic heterocycles. The van der Waals surface area contributed by atoms with E-state index >= 15 is 0 Å². The van der Waals surface area contributed by atoms with Gasteiger partial charge in [-0.15, -0.1) is 0 Å². The average molecular weight is 424 g/mol. The summed E-state index contributed by atoms with van der Waals surface area (Å²) in [4.78, 5) is 30.9. The molecule has 3 rings (SSSR count). The molecule has 0 radical (unpaired) electrons. The molecule has 31 heavy (non-hydrogen) atoms. The molecular weight excluding hydrogens is 400 g/mol. The molecule has 0 bridgehead atoms. The van der Waals surface area contributed by atoms with E-state index in [4.69, 9.17) is 19.5 Å². The summed E-state index contributed by atoms with van der Waals surface area (Å²) in [6, 6.07) is 10.6. The predicted molar refractivity (Wildman–Crippen MR) is 113 cm³/mol. The molecule has 1 aromatic carbocycles. The SMILES string of the molecule is COc1ccc(NC(=O)COC(=O)C2CCN(c3ccc(C#N)cn3)CC2)c(OC)c1. The van der Waals surface area contributed by atoms with Gasteiger partial charge in [0, 0.05) is 25.4 Å². The molecule has 1 aliphatic heterocycles. The third-order valence-electron chi connectivity index (χ3n) is 5.06. The maximum Gasteiger partial charge on any atom is 0.309 e. The number of aromatic nitrogens is 1. The predicted octanol–water partition coefficient (Wildman–Crippen LogP) is 2.37. The van der Waals surface area contributed by atoms with E-state index in [1.165, 1.54) is 20.4 Å². The van der Waals surface area contributed by atoms with Crippen molar-refractivity contribution in [1.29, 1.82) is 5.26 Å². The number of nitrogens with one attached hydrogen (secondary N) is 1. The number of piperidine rings is 1. The van der Waals surface area contributed by atoms with Gasteiger partial charge in [-0.05, 0) is 37.1 Å². The van der Waals surface area contributed by atoms with Crippen LogP contribution >= 0.6 is 0 Å². The number of hydrogen-bond donors (Lipinski definition) is 1. The van der Waals surface area contributed by atoms with E-state index in [1.54, 1.807) is 30.3 Å². The molecule has 9 heteroatoms. The second-order valence-corrected chi connectivity index (χ2v) is 7.00. The van der Waals surface area contributed by atoms with Crippen molar-refractivity contribution in [3.05, 3.63) is 42.1 Å². The fraction of sp³-hybridized carbons (Fsp3) is 0.364. The summed E-state index contributed by atoms with van der Waals surface area (Å²) in [5, 5.41) is 11.5. The lowest BCUT2D eigenvalue weighted by molar-refractivity contribution is -0.152. The van der Waals surface area contributed by atoms with E-state index in [1.807, 2.05) is 6.07 Å². The van der Waals surface area contributed by atoms with Crippen LogP contribution < -0.4 is 19.7 Å². The third kappa shape index (κ3) is 5.63. The molecule has 1 fully saturated rings. The first-order valence-electron chi connectivity index (χ1n) is 9.83. The molecule has 2 aromatic rings. The standard InChI is InChI=1S/C22H24N4O5/c1-29-17-4-5-18(19(11-17)30-2)25-21(27)14-31-22(28)16-7-9-26(10-8-16)20-6-3-15(12-23)13-24-20/h3-6,11,13,16H,7-10,14H2,1-2H3,(H,25,27). The van der Waals surface area contributed by atoms with Gasteiger partial charge >= 0.3 is 5.97 Å². The first-order chi connectivity index (χ1) is 15.0. The fourth-order valence-corrected chi connectivity index (χ4v) is 3.33. The Bertz CT molecular complexity index is 963. The van der Waals surface area contributed by atoms with Crippen LogP contribution in [0.4, 0.5) is 11.5 Å². The van der Waals surface area contributed by atoms with Crippen molar-refractivity contribution >= 4 is 23.4 Å². The zero-order valence-corrected chi connectivity index (χ0v) is 17.5. The third-order valence-corrected chi connectivity index (χ3v) is 5.06. The highest BCUT2D eigenvalue weighted by Crippen LogP contribution is 2.29. The summed E-state index contributed by atoms with van der Waals surface area (Å²) < 4.78 is 15.6. The van der Waals surface area contributed by atoms with Crippen LogP contribution in [0.5, 0.6) is 11.5 Å². The lowest BCUT2D eigenvalue weighted by Crippen LogP contribution is -2.38. The molecule has 0 spiro atoms. The Morgan fingerprint density at radius 3 is 2.58 bits per heavy atom. The largest absolute Gasteiger partial charge is 0.497 e. The molecule has 0 unspecified atom stereocenters. The van der Waals surface area contributed by atoms with E-state index < -0.39 is 5.91 Å². The Kier molecular flexibility index (Phi) is 7.27. The van der Waals surface area contributed by atoms with Crippen molar-refractivity contribution in [3.63, 3.8) is 0 Å². The normalized spacial score (nSPS) is 13.8. The summed E-state index contributed by atoms with van der Waals surface area (Å²) >= 11 is 0. The minimum Gasteiger partial charge on any atom is -0.497 e. The number of pyridine rings is 1. The van der Waals surface area contributed by atoms with Crippen molar-refractivity contribution in [2.24, 2.45) is 5.92 Å². The van der Waals surface area contributed by atoms with Crippen LogP contribution in [0.3, 0.4) is 0 Å². The van der Waals surface area contributed by atoms with Crippen LogP contribution in [0.2, 0.25) is 0 Å². The number of nitriles is 1. The van der Waals surface area contributed by atoms with Gasteiger partial charge in [-0.25, -0.2) is 4.98 Å². The Hall–Kier alpha value is -3.80. The average Bonchev–Trinajstić information content (AvgIpc) is 2.83. The van der Waals surface area contributed by atoms with Gasteiger partial charge in [-0.1, -0.05) is 0 Å². The van der Waals surface area contributed by atoms with Gasteiger partial charge in [-0.2, -0.15) is 5.26 Å². The minimum absolute atomic E-state index is 0.266. The van der Waals surface area contributed by atoms with Crippen LogP contribution in [-0.4, -0.2) is 50.8 Å². The van der Waals surface area contributed by atoms with Gasteiger partial charge in [0.25, 0.3) is 5.91 Å². The van der Waals surface area contributed by atoms with Crippen molar-refractivity contribution < 1.29 is 23.8 Å². The Balaban J connectivity index is 1.46. The van der Waals surface area contributed by atoms with Crippen LogP contribution in [0.1, 0.15) is 18.4 Å². The molecular formula is C22H24N4O5. The molecule has 0 saturated carbocycles. The van der Waals surface area contributed by atoms with Crippen molar-refractivity contribution in [1.82, 2.24) is 4.98 Å². The van der Waals surface area contributed by atoms with Gasteiger partial charge in [0.05, 0.1) is 31.4 Å². The topological polar surface area (TPSA) is 114 Å². The molecule has 9 nitrogen and oxygen atoms in total. The maximum absolute atomic E-state index is 12.4. The number of hydrogen-bond acceptors (Lipinski definition) is 8. The van der Waals surface area contributed by atoms with Gasteiger partial charge in [0.1, 0.15) is 23.4 Å². The first kappa shape index (κ1) is 21.9. The zero-order chi connectivity index (χ0) is 22.2.